The third kappa shape index (κ3) is 1.72. The van der Waals surface area contributed by atoms with Crippen LogP contribution in [0.2, 0.25) is 0 Å². The molecule has 4 heterocycles. The van der Waals surface area contributed by atoms with Gasteiger partial charge in [-0.3, -0.25) is 9.48 Å². The molecule has 3 aliphatic rings. The maximum atomic E-state index is 12.8. The first-order valence-corrected chi connectivity index (χ1v) is 7.71. The predicted molar refractivity (Wildman–Crippen MR) is 73.0 cm³/mol. The molecule has 0 aromatic carbocycles. The fourth-order valence-corrected chi connectivity index (χ4v) is 4.29. The first-order valence-electron chi connectivity index (χ1n) is 7.71. The van der Waals surface area contributed by atoms with Crippen LogP contribution in [0, 0.1) is 11.8 Å². The van der Waals surface area contributed by atoms with Crippen molar-refractivity contribution in [1.82, 2.24) is 14.7 Å². The van der Waals surface area contributed by atoms with Crippen LogP contribution in [0.25, 0.3) is 0 Å². The topological polar surface area (TPSA) is 47.4 Å². The van der Waals surface area contributed by atoms with Gasteiger partial charge in [0.1, 0.15) is 6.04 Å². The second-order valence-electron chi connectivity index (χ2n) is 6.27. The average Bonchev–Trinajstić information content (AvgIpc) is 3.21. The molecule has 4 rings (SSSR count). The number of ether oxygens (including phenoxy) is 1. The minimum absolute atomic E-state index is 0.151. The van der Waals surface area contributed by atoms with Crippen molar-refractivity contribution in [3.8, 4) is 0 Å². The molecule has 108 valence electrons. The van der Waals surface area contributed by atoms with Crippen molar-refractivity contribution in [1.29, 1.82) is 0 Å². The third-order valence-electron chi connectivity index (χ3n) is 5.28. The number of carbonyl (C=O) groups is 1. The fraction of sp³-hybridized carbons (Fsp3) is 0.733. The van der Waals surface area contributed by atoms with E-state index < -0.39 is 0 Å². The van der Waals surface area contributed by atoms with Gasteiger partial charge in [0, 0.05) is 37.3 Å². The molecule has 5 heteroatoms. The van der Waals surface area contributed by atoms with Gasteiger partial charge in [-0.1, -0.05) is 6.92 Å². The largest absolute Gasteiger partial charge is 0.374 e. The van der Waals surface area contributed by atoms with Crippen LogP contribution in [-0.4, -0.2) is 45.9 Å². The summed E-state index contributed by atoms with van der Waals surface area (Å²) in [5.74, 6) is 1.38. The Balaban J connectivity index is 1.50. The van der Waals surface area contributed by atoms with Crippen LogP contribution in [0.5, 0.6) is 0 Å². The molecule has 0 unspecified atom stereocenters. The molecular weight excluding hydrogens is 254 g/mol. The van der Waals surface area contributed by atoms with Gasteiger partial charge in [-0.15, -0.1) is 0 Å². The normalized spacial score (nSPS) is 36.4. The Bertz CT molecular complexity index is 483. The molecule has 1 aromatic rings. The predicted octanol–water partition coefficient (Wildman–Crippen LogP) is 1.47. The van der Waals surface area contributed by atoms with Crippen molar-refractivity contribution in [2.24, 2.45) is 11.8 Å². The van der Waals surface area contributed by atoms with Gasteiger partial charge in [0.15, 0.2) is 0 Å². The Hall–Kier alpha value is -1.36. The molecule has 5 atom stereocenters. The van der Waals surface area contributed by atoms with E-state index in [4.69, 9.17) is 4.74 Å². The Labute approximate surface area is 118 Å². The second-order valence-corrected chi connectivity index (χ2v) is 6.27. The number of fused-ring (bicyclic) bond motifs is 5. The molecule has 2 bridgehead atoms. The third-order valence-corrected chi connectivity index (χ3v) is 5.28. The highest BCUT2D eigenvalue weighted by atomic mass is 16.5. The van der Waals surface area contributed by atoms with Crippen molar-refractivity contribution >= 4 is 5.91 Å². The van der Waals surface area contributed by atoms with Crippen molar-refractivity contribution in [3.05, 3.63) is 18.5 Å². The van der Waals surface area contributed by atoms with E-state index in [0.717, 1.165) is 19.5 Å². The zero-order chi connectivity index (χ0) is 13.7. The summed E-state index contributed by atoms with van der Waals surface area (Å²) in [6.45, 7) is 3.80. The molecule has 3 saturated heterocycles. The standard InChI is InChI=1S/C15H21N3O2/c1-2-12(18-7-3-6-16-18)15(19)17-8-10-11(9-17)14-5-4-13(10)20-14/h3,6-7,10-14H,2,4-5,8-9H2,1H3/t10-,11+,12-,13+,14-/m1/s1. The molecule has 3 fully saturated rings. The molecule has 3 aliphatic heterocycles. The lowest BCUT2D eigenvalue weighted by molar-refractivity contribution is -0.134. The zero-order valence-electron chi connectivity index (χ0n) is 11.8. The van der Waals surface area contributed by atoms with Crippen molar-refractivity contribution in [2.45, 2.75) is 44.4 Å². The number of rotatable bonds is 3. The number of aromatic nitrogens is 2. The Morgan fingerprint density at radius 2 is 2.05 bits per heavy atom. The lowest BCUT2D eigenvalue weighted by atomic mass is 9.82. The number of likely N-dealkylation sites (tertiary alicyclic amines) is 1. The van der Waals surface area contributed by atoms with Gasteiger partial charge in [-0.25, -0.2) is 0 Å². The van der Waals surface area contributed by atoms with Gasteiger partial charge in [-0.2, -0.15) is 5.10 Å². The molecule has 5 nitrogen and oxygen atoms in total. The van der Waals surface area contributed by atoms with Crippen LogP contribution in [-0.2, 0) is 9.53 Å². The smallest absolute Gasteiger partial charge is 0.247 e. The molecule has 20 heavy (non-hydrogen) atoms. The maximum Gasteiger partial charge on any atom is 0.247 e. The molecule has 0 saturated carbocycles. The number of carbonyl (C=O) groups excluding carboxylic acids is 1. The second kappa shape index (κ2) is 4.58. The van der Waals surface area contributed by atoms with E-state index in [-0.39, 0.29) is 11.9 Å². The van der Waals surface area contributed by atoms with Crippen molar-refractivity contribution in [2.75, 3.05) is 13.1 Å². The van der Waals surface area contributed by atoms with Crippen molar-refractivity contribution in [3.63, 3.8) is 0 Å². The minimum atomic E-state index is -0.151. The summed E-state index contributed by atoms with van der Waals surface area (Å²) in [5, 5.41) is 4.24. The van der Waals surface area contributed by atoms with E-state index in [9.17, 15) is 4.79 Å². The molecule has 0 aliphatic carbocycles. The van der Waals surface area contributed by atoms with Crippen LogP contribution in [0.1, 0.15) is 32.2 Å². The van der Waals surface area contributed by atoms with Crippen LogP contribution in [0.4, 0.5) is 0 Å². The summed E-state index contributed by atoms with van der Waals surface area (Å²) in [6.07, 6.45) is 7.60. The Morgan fingerprint density at radius 3 is 2.60 bits per heavy atom. The highest BCUT2D eigenvalue weighted by Crippen LogP contribution is 2.47. The lowest BCUT2D eigenvalue weighted by Gasteiger charge is -2.24. The molecule has 1 aromatic heterocycles. The lowest BCUT2D eigenvalue weighted by Crippen LogP contribution is -2.37. The van der Waals surface area contributed by atoms with Gasteiger partial charge >= 0.3 is 0 Å². The quantitative estimate of drug-likeness (QED) is 0.839. The highest BCUT2D eigenvalue weighted by Gasteiger charge is 2.54. The van der Waals surface area contributed by atoms with Gasteiger partial charge < -0.3 is 9.64 Å². The molecule has 0 spiro atoms. The van der Waals surface area contributed by atoms with E-state index in [0.29, 0.717) is 24.0 Å². The first kappa shape index (κ1) is 12.4. The average molecular weight is 275 g/mol. The number of hydrogen-bond donors (Lipinski definition) is 0. The monoisotopic (exact) mass is 275 g/mol. The van der Waals surface area contributed by atoms with Crippen LogP contribution < -0.4 is 0 Å². The van der Waals surface area contributed by atoms with Crippen LogP contribution >= 0.6 is 0 Å². The van der Waals surface area contributed by atoms with Gasteiger partial charge in [0.05, 0.1) is 12.2 Å². The molecular formula is C15H21N3O2. The number of amides is 1. The first-order chi connectivity index (χ1) is 9.78. The number of nitrogens with zero attached hydrogens (tertiary/aromatic N) is 3. The summed E-state index contributed by atoms with van der Waals surface area (Å²) >= 11 is 0. The summed E-state index contributed by atoms with van der Waals surface area (Å²) < 4.78 is 7.76. The number of hydrogen-bond acceptors (Lipinski definition) is 3. The maximum absolute atomic E-state index is 12.8. The summed E-state index contributed by atoms with van der Waals surface area (Å²) in [7, 11) is 0. The molecule has 0 radical (unpaired) electrons. The summed E-state index contributed by atoms with van der Waals surface area (Å²) in [5.41, 5.74) is 0. The Morgan fingerprint density at radius 1 is 1.35 bits per heavy atom. The van der Waals surface area contributed by atoms with E-state index >= 15 is 0 Å². The van der Waals surface area contributed by atoms with Crippen molar-refractivity contribution < 1.29 is 9.53 Å². The Kier molecular flexibility index (Phi) is 2.84. The minimum Gasteiger partial charge on any atom is -0.374 e. The zero-order valence-corrected chi connectivity index (χ0v) is 11.8. The molecule has 0 N–H and O–H groups in total. The van der Waals surface area contributed by atoms with E-state index in [1.165, 1.54) is 12.8 Å². The van der Waals surface area contributed by atoms with Gasteiger partial charge in [-0.05, 0) is 25.3 Å². The fourth-order valence-electron chi connectivity index (χ4n) is 4.29. The summed E-state index contributed by atoms with van der Waals surface area (Å²) in [6, 6.07) is 1.73. The van der Waals surface area contributed by atoms with E-state index in [2.05, 4.69) is 10.00 Å². The van der Waals surface area contributed by atoms with E-state index in [1.807, 2.05) is 19.2 Å². The SMILES string of the molecule is CC[C@H](C(=O)N1C[C@@H]2[C@H](C1)[C@H]1CC[C@@H]2O1)n1cccn1. The molecule has 1 amide bonds. The summed E-state index contributed by atoms with van der Waals surface area (Å²) in [4.78, 5) is 14.8. The van der Waals surface area contributed by atoms with Crippen LogP contribution in [0.3, 0.4) is 0 Å². The van der Waals surface area contributed by atoms with E-state index in [1.54, 1.807) is 10.9 Å². The van der Waals surface area contributed by atoms with Gasteiger partial charge in [0.25, 0.3) is 0 Å². The van der Waals surface area contributed by atoms with Gasteiger partial charge in [0.2, 0.25) is 5.91 Å². The van der Waals surface area contributed by atoms with Crippen LogP contribution in [0.15, 0.2) is 18.5 Å². The highest BCUT2D eigenvalue weighted by molar-refractivity contribution is 5.80.